The van der Waals surface area contributed by atoms with Gasteiger partial charge >= 0.3 is 7.12 Å². The first-order valence-electron chi connectivity index (χ1n) is 5.08. The van der Waals surface area contributed by atoms with E-state index >= 15 is 0 Å². The second-order valence-electron chi connectivity index (χ2n) is 2.96. The fourth-order valence-electron chi connectivity index (χ4n) is 0.949. The van der Waals surface area contributed by atoms with E-state index in [0.717, 1.165) is 38.8 Å². The van der Waals surface area contributed by atoms with E-state index < -0.39 is 0 Å². The quantitative estimate of drug-likeness (QED) is 0.524. The third-order valence-electron chi connectivity index (χ3n) is 1.54. The normalized spacial score (nSPS) is 10.2. The van der Waals surface area contributed by atoms with Crippen LogP contribution in [-0.4, -0.2) is 20.3 Å². The molecule has 0 saturated heterocycles. The van der Waals surface area contributed by atoms with Crippen LogP contribution in [0.3, 0.4) is 0 Å². The van der Waals surface area contributed by atoms with Crippen LogP contribution in [-0.2, 0) is 9.31 Å². The van der Waals surface area contributed by atoms with Crippen molar-refractivity contribution in [2.75, 3.05) is 13.2 Å². The molecule has 0 aliphatic heterocycles. The molecule has 0 bridgehead atoms. The van der Waals surface area contributed by atoms with E-state index in [1.165, 1.54) is 0 Å². The van der Waals surface area contributed by atoms with E-state index in [4.69, 9.17) is 9.31 Å². The summed E-state index contributed by atoms with van der Waals surface area (Å²) in [5.41, 5.74) is 0. The third-order valence-corrected chi connectivity index (χ3v) is 1.54. The highest BCUT2D eigenvalue weighted by Crippen LogP contribution is 2.02. The van der Waals surface area contributed by atoms with E-state index in [1.807, 2.05) is 0 Å². The van der Waals surface area contributed by atoms with E-state index in [0.29, 0.717) is 0 Å². The van der Waals surface area contributed by atoms with Crippen LogP contribution in [0.5, 0.6) is 0 Å². The fraction of sp³-hybridized carbons (Fsp3) is 1.00. The van der Waals surface area contributed by atoms with Crippen LogP contribution in [0.25, 0.3) is 0 Å². The topological polar surface area (TPSA) is 18.5 Å². The highest BCUT2D eigenvalue weighted by molar-refractivity contribution is 6.44. The van der Waals surface area contributed by atoms with Gasteiger partial charge in [-0.1, -0.05) is 27.2 Å². The smallest absolute Gasteiger partial charge is 0.411 e. The molecule has 0 aliphatic carbocycles. The molecule has 0 amide bonds. The van der Waals surface area contributed by atoms with Crippen molar-refractivity contribution in [3.05, 3.63) is 0 Å². The van der Waals surface area contributed by atoms with Crippen molar-refractivity contribution in [2.45, 2.75) is 46.4 Å². The van der Waals surface area contributed by atoms with Crippen LogP contribution in [0.2, 0.25) is 6.32 Å². The Hall–Kier alpha value is -0.0151. The molecule has 72 valence electrons. The van der Waals surface area contributed by atoms with Gasteiger partial charge in [0.05, 0.1) is 0 Å². The van der Waals surface area contributed by atoms with Gasteiger partial charge in [0.25, 0.3) is 0 Å². The highest BCUT2D eigenvalue weighted by atomic mass is 16.6. The maximum absolute atomic E-state index is 5.51. The van der Waals surface area contributed by atoms with E-state index in [9.17, 15) is 0 Å². The maximum Gasteiger partial charge on any atom is 0.456 e. The molecule has 0 atom stereocenters. The van der Waals surface area contributed by atoms with Gasteiger partial charge in [-0.25, -0.2) is 0 Å². The Kier molecular flexibility index (Phi) is 9.06. The van der Waals surface area contributed by atoms with Gasteiger partial charge in [0, 0.05) is 13.2 Å². The Bertz CT molecular complexity index is 80.6. The van der Waals surface area contributed by atoms with Crippen LogP contribution in [0.15, 0.2) is 0 Å². The summed E-state index contributed by atoms with van der Waals surface area (Å²) in [6.07, 6.45) is 4.27. The summed E-state index contributed by atoms with van der Waals surface area (Å²) in [7, 11) is 0.0369. The molecule has 0 aromatic heterocycles. The molecular formula is C9H21BO2. The largest absolute Gasteiger partial charge is 0.456 e. The van der Waals surface area contributed by atoms with Crippen molar-refractivity contribution in [2.24, 2.45) is 0 Å². The number of rotatable bonds is 8. The van der Waals surface area contributed by atoms with Gasteiger partial charge in [-0.2, -0.15) is 0 Å². The van der Waals surface area contributed by atoms with Gasteiger partial charge in [-0.05, 0) is 19.2 Å². The Morgan fingerprint density at radius 1 is 0.833 bits per heavy atom. The lowest BCUT2D eigenvalue weighted by atomic mass is 9.83. The molecule has 0 saturated carbocycles. The second kappa shape index (κ2) is 9.08. The predicted octanol–water partition coefficient (Wildman–Crippen LogP) is 2.74. The molecule has 0 rings (SSSR count). The lowest BCUT2D eigenvalue weighted by molar-refractivity contribution is 0.196. The summed E-state index contributed by atoms with van der Waals surface area (Å²) in [5.74, 6) is 0. The number of hydrogen-bond donors (Lipinski definition) is 0. The lowest BCUT2D eigenvalue weighted by Crippen LogP contribution is -2.23. The van der Waals surface area contributed by atoms with E-state index in [2.05, 4.69) is 20.8 Å². The second-order valence-corrected chi connectivity index (χ2v) is 2.96. The minimum Gasteiger partial charge on any atom is -0.411 e. The first kappa shape index (κ1) is 12.0. The maximum atomic E-state index is 5.51. The molecule has 0 heterocycles. The van der Waals surface area contributed by atoms with Crippen molar-refractivity contribution >= 4 is 7.12 Å². The van der Waals surface area contributed by atoms with E-state index in [1.54, 1.807) is 0 Å². The lowest BCUT2D eigenvalue weighted by Gasteiger charge is -2.12. The SMILES string of the molecule is CCCOB(CCC)OCCC. The zero-order valence-electron chi connectivity index (χ0n) is 8.64. The van der Waals surface area contributed by atoms with Gasteiger partial charge in [0.2, 0.25) is 0 Å². The molecule has 0 N–H and O–H groups in total. The van der Waals surface area contributed by atoms with Gasteiger partial charge in [0.15, 0.2) is 0 Å². The zero-order chi connectivity index (χ0) is 9.23. The van der Waals surface area contributed by atoms with Crippen molar-refractivity contribution in [1.29, 1.82) is 0 Å². The van der Waals surface area contributed by atoms with Crippen LogP contribution < -0.4 is 0 Å². The molecule has 0 radical (unpaired) electrons. The summed E-state index contributed by atoms with van der Waals surface area (Å²) in [6.45, 7) is 8.01. The molecule has 0 fully saturated rings. The van der Waals surface area contributed by atoms with Gasteiger partial charge in [-0.3, -0.25) is 0 Å². The first-order chi connectivity index (χ1) is 5.85. The molecular weight excluding hydrogens is 151 g/mol. The summed E-state index contributed by atoms with van der Waals surface area (Å²) in [6, 6.07) is 0. The Morgan fingerprint density at radius 3 is 1.67 bits per heavy atom. The molecule has 3 heteroatoms. The first-order valence-corrected chi connectivity index (χ1v) is 5.08. The summed E-state index contributed by atoms with van der Waals surface area (Å²) in [4.78, 5) is 0. The minimum absolute atomic E-state index is 0.0369. The number of hydrogen-bond acceptors (Lipinski definition) is 2. The summed E-state index contributed by atoms with van der Waals surface area (Å²) in [5, 5.41) is 0. The van der Waals surface area contributed by atoms with Crippen LogP contribution in [0.4, 0.5) is 0 Å². The minimum atomic E-state index is 0.0369. The molecule has 12 heavy (non-hydrogen) atoms. The zero-order valence-corrected chi connectivity index (χ0v) is 8.64. The van der Waals surface area contributed by atoms with Crippen LogP contribution >= 0.6 is 0 Å². The van der Waals surface area contributed by atoms with Gasteiger partial charge in [0.1, 0.15) is 0 Å². The van der Waals surface area contributed by atoms with Crippen molar-refractivity contribution in [1.82, 2.24) is 0 Å². The Labute approximate surface area is 76.8 Å². The summed E-state index contributed by atoms with van der Waals surface area (Å²) >= 11 is 0. The molecule has 0 spiro atoms. The molecule has 0 aromatic rings. The summed E-state index contributed by atoms with van der Waals surface area (Å²) < 4.78 is 11.0. The van der Waals surface area contributed by atoms with Gasteiger partial charge in [-0.15, -0.1) is 0 Å². The van der Waals surface area contributed by atoms with Crippen LogP contribution in [0.1, 0.15) is 40.0 Å². The van der Waals surface area contributed by atoms with E-state index in [-0.39, 0.29) is 7.12 Å². The van der Waals surface area contributed by atoms with Crippen molar-refractivity contribution < 1.29 is 9.31 Å². The Balaban J connectivity index is 3.40. The molecule has 0 unspecified atom stereocenters. The molecule has 0 aliphatic rings. The monoisotopic (exact) mass is 172 g/mol. The van der Waals surface area contributed by atoms with Crippen molar-refractivity contribution in [3.8, 4) is 0 Å². The fourth-order valence-corrected chi connectivity index (χ4v) is 0.949. The van der Waals surface area contributed by atoms with Gasteiger partial charge < -0.3 is 9.31 Å². The Morgan fingerprint density at radius 2 is 1.33 bits per heavy atom. The van der Waals surface area contributed by atoms with Crippen LogP contribution in [0, 0.1) is 0 Å². The molecule has 0 aromatic carbocycles. The average Bonchev–Trinajstić information content (AvgIpc) is 2.10. The predicted molar refractivity (Wildman–Crippen MR) is 53.3 cm³/mol. The molecule has 2 nitrogen and oxygen atoms in total. The highest BCUT2D eigenvalue weighted by Gasteiger charge is 2.15. The van der Waals surface area contributed by atoms with Crippen molar-refractivity contribution in [3.63, 3.8) is 0 Å². The standard InChI is InChI=1S/C9H21BO2/c1-4-7-10(11-8-5-2)12-9-6-3/h4-9H2,1-3H3. The average molecular weight is 172 g/mol. The third kappa shape index (κ3) is 6.68.